The summed E-state index contributed by atoms with van der Waals surface area (Å²) in [7, 11) is 3.13. The predicted molar refractivity (Wildman–Crippen MR) is 109 cm³/mol. The van der Waals surface area contributed by atoms with Crippen LogP contribution in [0.1, 0.15) is 0 Å². The molecule has 3 aromatic carbocycles. The maximum absolute atomic E-state index is 12.3. The first-order chi connectivity index (χ1) is 13.6. The second kappa shape index (κ2) is 8.90. The fourth-order valence-corrected chi connectivity index (χ4v) is 2.78. The summed E-state index contributed by atoms with van der Waals surface area (Å²) in [6.07, 6.45) is 0. The van der Waals surface area contributed by atoms with Crippen LogP contribution >= 0.6 is 0 Å². The average molecular weight is 378 g/mol. The Morgan fingerprint density at radius 3 is 2.57 bits per heavy atom. The van der Waals surface area contributed by atoms with Gasteiger partial charge in [0.2, 0.25) is 5.91 Å². The Morgan fingerprint density at radius 2 is 1.75 bits per heavy atom. The highest BCUT2D eigenvalue weighted by Crippen LogP contribution is 2.25. The van der Waals surface area contributed by atoms with Crippen molar-refractivity contribution in [3.63, 3.8) is 0 Å². The van der Waals surface area contributed by atoms with Crippen LogP contribution in [0.25, 0.3) is 10.8 Å². The van der Waals surface area contributed by atoms with E-state index in [1.54, 1.807) is 38.4 Å². The first-order valence-electron chi connectivity index (χ1n) is 8.85. The van der Waals surface area contributed by atoms with Crippen LogP contribution < -0.4 is 14.8 Å². The lowest BCUT2D eigenvalue weighted by Gasteiger charge is -2.17. The molecule has 3 rings (SSSR count). The summed E-state index contributed by atoms with van der Waals surface area (Å²) in [4.78, 5) is 25.9. The van der Waals surface area contributed by atoms with Crippen LogP contribution in [-0.4, -0.2) is 44.0 Å². The molecule has 144 valence electrons. The van der Waals surface area contributed by atoms with E-state index in [1.165, 1.54) is 4.90 Å². The number of rotatable bonds is 7. The van der Waals surface area contributed by atoms with Crippen LogP contribution in [0.5, 0.6) is 11.5 Å². The largest absolute Gasteiger partial charge is 0.497 e. The van der Waals surface area contributed by atoms with E-state index in [1.807, 2.05) is 42.5 Å². The molecule has 0 saturated carbocycles. The zero-order valence-electron chi connectivity index (χ0n) is 15.8. The van der Waals surface area contributed by atoms with Gasteiger partial charge in [-0.2, -0.15) is 0 Å². The van der Waals surface area contributed by atoms with E-state index in [9.17, 15) is 9.59 Å². The molecule has 0 aromatic heterocycles. The zero-order valence-corrected chi connectivity index (χ0v) is 15.8. The summed E-state index contributed by atoms with van der Waals surface area (Å²) < 4.78 is 10.8. The van der Waals surface area contributed by atoms with Crippen LogP contribution in [0.3, 0.4) is 0 Å². The topological polar surface area (TPSA) is 67.9 Å². The molecule has 0 aliphatic heterocycles. The molecule has 0 saturated heterocycles. The van der Waals surface area contributed by atoms with Gasteiger partial charge in [0.15, 0.2) is 6.61 Å². The predicted octanol–water partition coefficient (Wildman–Crippen LogP) is 3.32. The van der Waals surface area contributed by atoms with Crippen molar-refractivity contribution in [2.45, 2.75) is 0 Å². The van der Waals surface area contributed by atoms with Gasteiger partial charge in [0.1, 0.15) is 11.5 Å². The Kier molecular flexibility index (Phi) is 6.11. The van der Waals surface area contributed by atoms with E-state index in [0.717, 1.165) is 10.8 Å². The molecule has 0 aliphatic rings. The van der Waals surface area contributed by atoms with E-state index in [2.05, 4.69) is 5.32 Å². The molecule has 0 unspecified atom stereocenters. The van der Waals surface area contributed by atoms with Crippen LogP contribution in [-0.2, 0) is 9.59 Å². The number of carbonyl (C=O) groups is 2. The standard InChI is InChI=1S/C22H22N2O4/c1-24(14-21(25)23-17-9-6-10-18(13-17)27-2)22(26)15-28-20-12-5-8-16-7-3-4-11-19(16)20/h3-13H,14-15H2,1-2H3,(H,23,25). The Balaban J connectivity index is 1.54. The second-order valence-electron chi connectivity index (χ2n) is 6.30. The smallest absolute Gasteiger partial charge is 0.260 e. The lowest BCUT2D eigenvalue weighted by Crippen LogP contribution is -2.37. The summed E-state index contributed by atoms with van der Waals surface area (Å²) in [5.74, 6) is 0.703. The minimum absolute atomic E-state index is 0.0745. The van der Waals surface area contributed by atoms with Gasteiger partial charge in [-0.15, -0.1) is 0 Å². The fraction of sp³-hybridized carbons (Fsp3) is 0.182. The molecule has 0 radical (unpaired) electrons. The number of benzene rings is 3. The van der Waals surface area contributed by atoms with Crippen molar-refractivity contribution in [1.82, 2.24) is 4.90 Å². The molecular formula is C22H22N2O4. The van der Waals surface area contributed by atoms with Gasteiger partial charge in [0.05, 0.1) is 13.7 Å². The van der Waals surface area contributed by atoms with Crippen molar-refractivity contribution in [2.75, 3.05) is 32.6 Å². The normalized spacial score (nSPS) is 10.4. The number of anilines is 1. The van der Waals surface area contributed by atoms with Crippen molar-refractivity contribution >= 4 is 28.3 Å². The summed E-state index contributed by atoms with van der Waals surface area (Å²) in [5.41, 5.74) is 0.609. The molecule has 0 heterocycles. The van der Waals surface area contributed by atoms with Crippen molar-refractivity contribution in [1.29, 1.82) is 0 Å². The number of methoxy groups -OCH3 is 1. The first-order valence-corrected chi connectivity index (χ1v) is 8.85. The lowest BCUT2D eigenvalue weighted by atomic mass is 10.1. The molecule has 6 nitrogen and oxygen atoms in total. The van der Waals surface area contributed by atoms with E-state index in [4.69, 9.17) is 9.47 Å². The zero-order chi connectivity index (χ0) is 19.9. The highest BCUT2D eigenvalue weighted by molar-refractivity contribution is 5.95. The number of nitrogens with one attached hydrogen (secondary N) is 1. The minimum Gasteiger partial charge on any atom is -0.497 e. The quantitative estimate of drug-likeness (QED) is 0.685. The molecule has 28 heavy (non-hydrogen) atoms. The van der Waals surface area contributed by atoms with Crippen molar-refractivity contribution in [2.24, 2.45) is 0 Å². The third-order valence-electron chi connectivity index (χ3n) is 4.26. The van der Waals surface area contributed by atoms with Crippen molar-refractivity contribution < 1.29 is 19.1 Å². The van der Waals surface area contributed by atoms with E-state index in [0.29, 0.717) is 17.2 Å². The summed E-state index contributed by atoms with van der Waals surface area (Å²) in [6.45, 7) is -0.216. The number of nitrogens with zero attached hydrogens (tertiary/aromatic N) is 1. The van der Waals surface area contributed by atoms with E-state index < -0.39 is 0 Å². The lowest BCUT2D eigenvalue weighted by molar-refractivity contribution is -0.135. The van der Waals surface area contributed by atoms with Gasteiger partial charge in [-0.25, -0.2) is 0 Å². The minimum atomic E-state index is -0.297. The van der Waals surface area contributed by atoms with Crippen molar-refractivity contribution in [3.05, 3.63) is 66.7 Å². The average Bonchev–Trinajstić information content (AvgIpc) is 2.71. The summed E-state index contributed by atoms with van der Waals surface area (Å²) in [5, 5.41) is 4.73. The number of carbonyl (C=O) groups excluding carboxylic acids is 2. The number of fused-ring (bicyclic) bond motifs is 1. The van der Waals surface area contributed by atoms with Crippen LogP contribution in [0.15, 0.2) is 66.7 Å². The molecule has 1 N–H and O–H groups in total. The van der Waals surface area contributed by atoms with E-state index in [-0.39, 0.29) is 25.0 Å². The van der Waals surface area contributed by atoms with E-state index >= 15 is 0 Å². The molecule has 0 fully saturated rings. The SMILES string of the molecule is COc1cccc(NC(=O)CN(C)C(=O)COc2cccc3ccccc23)c1. The molecule has 2 amide bonds. The fourth-order valence-electron chi connectivity index (χ4n) is 2.78. The van der Waals surface area contributed by atoms with Gasteiger partial charge in [0, 0.05) is 24.2 Å². The molecule has 3 aromatic rings. The maximum Gasteiger partial charge on any atom is 0.260 e. The van der Waals surface area contributed by atoms with Crippen LogP contribution in [0, 0.1) is 0 Å². The maximum atomic E-state index is 12.3. The third kappa shape index (κ3) is 4.79. The van der Waals surface area contributed by atoms with Gasteiger partial charge < -0.3 is 19.7 Å². The number of amides is 2. The highest BCUT2D eigenvalue weighted by Gasteiger charge is 2.14. The van der Waals surface area contributed by atoms with Crippen LogP contribution in [0.4, 0.5) is 5.69 Å². The summed E-state index contributed by atoms with van der Waals surface area (Å²) in [6, 6.07) is 20.5. The van der Waals surface area contributed by atoms with Gasteiger partial charge in [-0.3, -0.25) is 9.59 Å². The Bertz CT molecular complexity index is 982. The summed E-state index contributed by atoms with van der Waals surface area (Å²) >= 11 is 0. The number of likely N-dealkylation sites (N-methyl/N-ethyl adjacent to an activating group) is 1. The van der Waals surface area contributed by atoms with Gasteiger partial charge in [0.25, 0.3) is 5.91 Å². The molecule has 0 bridgehead atoms. The molecule has 0 aliphatic carbocycles. The monoisotopic (exact) mass is 378 g/mol. The molecular weight excluding hydrogens is 356 g/mol. The van der Waals surface area contributed by atoms with Gasteiger partial charge in [-0.05, 0) is 23.6 Å². The number of ether oxygens (including phenoxy) is 2. The number of hydrogen-bond acceptors (Lipinski definition) is 4. The third-order valence-corrected chi connectivity index (χ3v) is 4.26. The Morgan fingerprint density at radius 1 is 1.00 bits per heavy atom. The first kappa shape index (κ1) is 19.2. The van der Waals surface area contributed by atoms with Gasteiger partial charge >= 0.3 is 0 Å². The highest BCUT2D eigenvalue weighted by atomic mass is 16.5. The molecule has 6 heteroatoms. The van der Waals surface area contributed by atoms with Crippen molar-refractivity contribution in [3.8, 4) is 11.5 Å². The number of hydrogen-bond donors (Lipinski definition) is 1. The van der Waals surface area contributed by atoms with Crippen LogP contribution in [0.2, 0.25) is 0 Å². The second-order valence-corrected chi connectivity index (χ2v) is 6.30. The molecule has 0 atom stereocenters. The Hall–Kier alpha value is -3.54. The Labute approximate surface area is 163 Å². The van der Waals surface area contributed by atoms with Gasteiger partial charge in [-0.1, -0.05) is 42.5 Å². The molecule has 0 spiro atoms.